The number of ketones is 1. The van der Waals surface area contributed by atoms with Crippen molar-refractivity contribution >= 4 is 11.8 Å². The lowest BCUT2D eigenvalue weighted by atomic mass is 10.3. The maximum Gasteiger partial charge on any atom is 0.358 e. The summed E-state index contributed by atoms with van der Waals surface area (Å²) in [5.74, 6) is -0.633. The van der Waals surface area contributed by atoms with Gasteiger partial charge >= 0.3 is 5.97 Å². The van der Waals surface area contributed by atoms with Crippen LogP contribution >= 0.6 is 0 Å². The fraction of sp³-hybridized carbons (Fsp3) is 0.444. The van der Waals surface area contributed by atoms with Gasteiger partial charge < -0.3 is 4.74 Å². The highest BCUT2D eigenvalue weighted by atomic mass is 16.5. The van der Waals surface area contributed by atoms with Crippen LogP contribution < -0.4 is 0 Å². The zero-order chi connectivity index (χ0) is 10.7. The van der Waals surface area contributed by atoms with Crippen LogP contribution in [-0.4, -0.2) is 28.1 Å². The number of carbonyl (C=O) groups is 2. The molecule has 0 spiro atoms. The molecule has 0 radical (unpaired) electrons. The Bertz CT molecular complexity index is 368. The van der Waals surface area contributed by atoms with Gasteiger partial charge in [-0.3, -0.25) is 9.48 Å². The monoisotopic (exact) mass is 196 g/mol. The van der Waals surface area contributed by atoms with Gasteiger partial charge in [0.15, 0.2) is 11.5 Å². The van der Waals surface area contributed by atoms with Crippen molar-refractivity contribution in [2.45, 2.75) is 13.8 Å². The predicted molar refractivity (Wildman–Crippen MR) is 49.2 cm³/mol. The van der Waals surface area contributed by atoms with E-state index in [2.05, 4.69) is 5.10 Å². The summed E-state index contributed by atoms with van der Waals surface area (Å²) in [5.41, 5.74) is 0.563. The van der Waals surface area contributed by atoms with Gasteiger partial charge in [0, 0.05) is 20.0 Å². The summed E-state index contributed by atoms with van der Waals surface area (Å²) in [6.45, 7) is 3.43. The Balaban J connectivity index is 2.96. The van der Waals surface area contributed by atoms with Gasteiger partial charge in [-0.2, -0.15) is 5.10 Å². The van der Waals surface area contributed by atoms with E-state index in [-0.39, 0.29) is 11.5 Å². The van der Waals surface area contributed by atoms with E-state index in [4.69, 9.17) is 4.74 Å². The summed E-state index contributed by atoms with van der Waals surface area (Å²) in [5, 5.41) is 3.87. The lowest BCUT2D eigenvalue weighted by molar-refractivity contribution is 0.0518. The summed E-state index contributed by atoms with van der Waals surface area (Å²) in [7, 11) is 1.61. The van der Waals surface area contributed by atoms with E-state index in [1.165, 1.54) is 17.7 Å². The molecule has 1 rings (SSSR count). The Morgan fingerprint density at radius 2 is 2.21 bits per heavy atom. The Morgan fingerprint density at radius 1 is 1.57 bits per heavy atom. The molecule has 1 aromatic rings. The molecule has 0 saturated carbocycles. The zero-order valence-corrected chi connectivity index (χ0v) is 8.40. The van der Waals surface area contributed by atoms with E-state index >= 15 is 0 Å². The van der Waals surface area contributed by atoms with Crippen molar-refractivity contribution < 1.29 is 14.3 Å². The first-order valence-electron chi connectivity index (χ1n) is 4.28. The maximum atomic E-state index is 11.2. The molecule has 0 aromatic carbocycles. The van der Waals surface area contributed by atoms with Gasteiger partial charge in [0.1, 0.15) is 5.69 Å². The number of carbonyl (C=O) groups excluding carboxylic acids is 2. The molecule has 0 unspecified atom stereocenters. The first-order valence-corrected chi connectivity index (χ1v) is 4.28. The molecule has 0 saturated heterocycles. The van der Waals surface area contributed by atoms with Crippen molar-refractivity contribution in [3.05, 3.63) is 17.5 Å². The Labute approximate surface area is 81.7 Å². The van der Waals surface area contributed by atoms with Crippen molar-refractivity contribution in [2.24, 2.45) is 7.05 Å². The molecule has 76 valence electrons. The molecule has 0 fully saturated rings. The smallest absolute Gasteiger partial charge is 0.358 e. The van der Waals surface area contributed by atoms with Gasteiger partial charge in [-0.25, -0.2) is 4.79 Å². The third kappa shape index (κ3) is 1.99. The minimum absolute atomic E-state index is 0.129. The molecule has 0 atom stereocenters. The number of nitrogens with zero attached hydrogens (tertiary/aromatic N) is 2. The average Bonchev–Trinajstić information content (AvgIpc) is 2.48. The summed E-state index contributed by atoms with van der Waals surface area (Å²) >= 11 is 0. The van der Waals surface area contributed by atoms with Crippen LogP contribution in [0.5, 0.6) is 0 Å². The molecule has 1 heterocycles. The second kappa shape index (κ2) is 4.04. The summed E-state index contributed by atoms with van der Waals surface area (Å²) in [6.07, 6.45) is 0. The third-order valence-electron chi connectivity index (χ3n) is 1.73. The zero-order valence-electron chi connectivity index (χ0n) is 8.40. The molecule has 1 aromatic heterocycles. The van der Waals surface area contributed by atoms with E-state index in [0.717, 1.165) is 0 Å². The lowest BCUT2D eigenvalue weighted by Gasteiger charge is -1.95. The first kappa shape index (κ1) is 10.4. The molecule has 14 heavy (non-hydrogen) atoms. The molecule has 0 N–H and O–H groups in total. The van der Waals surface area contributed by atoms with Crippen LogP contribution in [0.2, 0.25) is 0 Å². The fourth-order valence-electron chi connectivity index (χ4n) is 1.10. The minimum atomic E-state index is -0.504. The van der Waals surface area contributed by atoms with Gasteiger partial charge in [0.05, 0.1) is 6.61 Å². The average molecular weight is 196 g/mol. The lowest BCUT2D eigenvalue weighted by Crippen LogP contribution is -2.06. The van der Waals surface area contributed by atoms with Crippen LogP contribution in [0.3, 0.4) is 0 Å². The normalized spacial score (nSPS) is 9.93. The standard InChI is InChI=1S/C9H12N2O3/c1-4-14-9(13)7-5-8(6(2)12)11(3)10-7/h5H,4H2,1-3H3. The SMILES string of the molecule is CCOC(=O)c1cc(C(C)=O)n(C)n1. The van der Waals surface area contributed by atoms with Crippen LogP contribution in [0.4, 0.5) is 0 Å². The highest BCUT2D eigenvalue weighted by Gasteiger charge is 2.15. The van der Waals surface area contributed by atoms with E-state index < -0.39 is 5.97 Å². The highest BCUT2D eigenvalue weighted by molar-refractivity contribution is 5.95. The van der Waals surface area contributed by atoms with Crippen LogP contribution in [-0.2, 0) is 11.8 Å². The number of aryl methyl sites for hydroxylation is 1. The Hall–Kier alpha value is -1.65. The van der Waals surface area contributed by atoms with E-state index in [0.29, 0.717) is 12.3 Å². The summed E-state index contributed by atoms with van der Waals surface area (Å²) in [4.78, 5) is 22.3. The van der Waals surface area contributed by atoms with Gasteiger partial charge in [-0.15, -0.1) is 0 Å². The van der Waals surface area contributed by atoms with E-state index in [1.54, 1.807) is 14.0 Å². The largest absolute Gasteiger partial charge is 0.461 e. The van der Waals surface area contributed by atoms with Crippen molar-refractivity contribution in [2.75, 3.05) is 6.61 Å². The number of Topliss-reactive ketones (excluding diaryl/α,β-unsaturated/α-hetero) is 1. The van der Waals surface area contributed by atoms with Gasteiger partial charge in [0.2, 0.25) is 0 Å². The van der Waals surface area contributed by atoms with Gasteiger partial charge in [-0.05, 0) is 6.92 Å². The van der Waals surface area contributed by atoms with Crippen LogP contribution in [0.15, 0.2) is 6.07 Å². The number of hydrogen-bond acceptors (Lipinski definition) is 4. The predicted octanol–water partition coefficient (Wildman–Crippen LogP) is 0.799. The van der Waals surface area contributed by atoms with Crippen molar-refractivity contribution in [1.82, 2.24) is 9.78 Å². The van der Waals surface area contributed by atoms with Gasteiger partial charge in [-0.1, -0.05) is 0 Å². The third-order valence-corrected chi connectivity index (χ3v) is 1.73. The van der Waals surface area contributed by atoms with Gasteiger partial charge in [0.25, 0.3) is 0 Å². The molecular weight excluding hydrogens is 184 g/mol. The molecule has 5 heteroatoms. The molecule has 0 aliphatic heterocycles. The van der Waals surface area contributed by atoms with Crippen molar-refractivity contribution in [3.8, 4) is 0 Å². The van der Waals surface area contributed by atoms with Crippen LogP contribution in [0.25, 0.3) is 0 Å². The second-order valence-corrected chi connectivity index (χ2v) is 2.82. The maximum absolute atomic E-state index is 11.2. The quantitative estimate of drug-likeness (QED) is 0.530. The summed E-state index contributed by atoms with van der Waals surface area (Å²) < 4.78 is 6.12. The molecule has 0 aliphatic rings. The molecule has 0 bridgehead atoms. The minimum Gasteiger partial charge on any atom is -0.461 e. The number of ether oxygens (including phenoxy) is 1. The molecular formula is C9H12N2O3. The number of esters is 1. The Kier molecular flexibility index (Phi) is 3.01. The number of hydrogen-bond donors (Lipinski definition) is 0. The van der Waals surface area contributed by atoms with Crippen LogP contribution in [0.1, 0.15) is 34.8 Å². The fourth-order valence-corrected chi connectivity index (χ4v) is 1.10. The molecule has 0 aliphatic carbocycles. The van der Waals surface area contributed by atoms with E-state index in [9.17, 15) is 9.59 Å². The molecule has 0 amide bonds. The molecule has 5 nitrogen and oxygen atoms in total. The number of aromatic nitrogens is 2. The summed E-state index contributed by atoms with van der Waals surface area (Å²) in [6, 6.07) is 1.43. The Morgan fingerprint density at radius 3 is 2.64 bits per heavy atom. The number of rotatable bonds is 3. The van der Waals surface area contributed by atoms with Crippen LogP contribution in [0, 0.1) is 0 Å². The highest BCUT2D eigenvalue weighted by Crippen LogP contribution is 2.05. The second-order valence-electron chi connectivity index (χ2n) is 2.82. The van der Waals surface area contributed by atoms with E-state index in [1.807, 2.05) is 0 Å². The topological polar surface area (TPSA) is 61.2 Å². The first-order chi connectivity index (χ1) is 6.56. The van der Waals surface area contributed by atoms with Crippen molar-refractivity contribution in [1.29, 1.82) is 0 Å². The van der Waals surface area contributed by atoms with Crippen molar-refractivity contribution in [3.63, 3.8) is 0 Å².